The maximum atomic E-state index is 11.2. The summed E-state index contributed by atoms with van der Waals surface area (Å²) in [5.41, 5.74) is 6.09. The molecule has 0 aliphatic carbocycles. The van der Waals surface area contributed by atoms with Crippen molar-refractivity contribution in [2.45, 2.75) is 10.2 Å². The molecule has 0 radical (unpaired) electrons. The molecule has 0 amide bonds. The minimum absolute atomic E-state index is 0.287. The van der Waals surface area contributed by atoms with Crippen LogP contribution in [0.4, 0.5) is 5.69 Å². The van der Waals surface area contributed by atoms with E-state index in [1.807, 2.05) is 6.07 Å². The fraction of sp³-hybridized carbons (Fsp3) is 0.111. The van der Waals surface area contributed by atoms with Crippen LogP contribution in [0.1, 0.15) is 5.56 Å². The zero-order chi connectivity index (χ0) is 12.4. The maximum absolute atomic E-state index is 11.2. The molecule has 0 fully saturated rings. The molecule has 3 N–H and O–H groups in total. The highest BCUT2D eigenvalue weighted by molar-refractivity contribution is 7.99. The average Bonchev–Trinajstić information content (AvgIpc) is 2.64. The third kappa shape index (κ3) is 2.00. The summed E-state index contributed by atoms with van der Waals surface area (Å²) >= 11 is 1.12. The Kier molecular flexibility index (Phi) is 2.84. The molecule has 7 nitrogen and oxygen atoms in total. The molecule has 0 aromatic carbocycles. The lowest BCUT2D eigenvalue weighted by atomic mass is 10.2. The lowest BCUT2D eigenvalue weighted by Crippen LogP contribution is -2.12. The first-order valence-corrected chi connectivity index (χ1v) is 5.39. The Morgan fingerprint density at radius 3 is 3.00 bits per heavy atom. The van der Waals surface area contributed by atoms with E-state index in [2.05, 4.69) is 15.2 Å². The number of aromatic nitrogens is 4. The van der Waals surface area contributed by atoms with E-state index in [0.29, 0.717) is 15.7 Å². The van der Waals surface area contributed by atoms with E-state index < -0.39 is 0 Å². The van der Waals surface area contributed by atoms with Gasteiger partial charge in [0.25, 0.3) is 0 Å². The van der Waals surface area contributed by atoms with Crippen LogP contribution in [-0.2, 0) is 7.05 Å². The molecule has 8 heteroatoms. The third-order valence-corrected chi connectivity index (χ3v) is 3.17. The van der Waals surface area contributed by atoms with Crippen molar-refractivity contribution in [2.24, 2.45) is 7.05 Å². The number of nitrogen functional groups attached to an aromatic ring is 1. The normalized spacial score (nSPS) is 10.1. The molecule has 2 aromatic heterocycles. The van der Waals surface area contributed by atoms with Crippen LogP contribution in [-0.4, -0.2) is 19.7 Å². The lowest BCUT2D eigenvalue weighted by Gasteiger charge is -2.03. The van der Waals surface area contributed by atoms with Gasteiger partial charge in [0, 0.05) is 13.2 Å². The van der Waals surface area contributed by atoms with Gasteiger partial charge in [0.05, 0.1) is 11.3 Å². The number of nitrogens with two attached hydrogens (primary N) is 1. The molecule has 0 spiro atoms. The lowest BCUT2D eigenvalue weighted by molar-refractivity contribution is 0.765. The van der Waals surface area contributed by atoms with E-state index >= 15 is 0 Å². The first-order valence-electron chi connectivity index (χ1n) is 4.57. The number of anilines is 1. The quantitative estimate of drug-likeness (QED) is 0.779. The first-order chi connectivity index (χ1) is 8.13. The van der Waals surface area contributed by atoms with Gasteiger partial charge >= 0.3 is 5.69 Å². The minimum Gasteiger partial charge on any atom is -0.395 e. The van der Waals surface area contributed by atoms with E-state index in [1.54, 1.807) is 7.05 Å². The number of nitrogens with one attached hydrogen (secondary N) is 1. The predicted octanol–water partition coefficient (Wildman–Crippen LogP) is 0.108. The number of hydrogen-bond acceptors (Lipinski definition) is 6. The molecule has 0 bridgehead atoms. The Morgan fingerprint density at radius 1 is 1.65 bits per heavy atom. The van der Waals surface area contributed by atoms with Gasteiger partial charge in [-0.2, -0.15) is 5.26 Å². The van der Waals surface area contributed by atoms with Crippen LogP contribution in [0.2, 0.25) is 0 Å². The Labute approximate surface area is 100 Å². The van der Waals surface area contributed by atoms with Crippen LogP contribution >= 0.6 is 11.8 Å². The zero-order valence-corrected chi connectivity index (χ0v) is 9.65. The maximum Gasteiger partial charge on any atom is 0.343 e. The van der Waals surface area contributed by atoms with Gasteiger partial charge in [-0.1, -0.05) is 0 Å². The topological polar surface area (TPSA) is 113 Å². The number of nitrogens with zero attached hydrogens (tertiary/aromatic N) is 4. The second-order valence-corrected chi connectivity index (χ2v) is 4.12. The Hall–Kier alpha value is -2.27. The number of H-pyrrole nitrogens is 1. The van der Waals surface area contributed by atoms with Crippen LogP contribution in [0.3, 0.4) is 0 Å². The number of nitriles is 1. The molecular formula is C9H8N6OS. The summed E-state index contributed by atoms with van der Waals surface area (Å²) in [4.78, 5) is 15.2. The number of pyridine rings is 1. The molecular weight excluding hydrogens is 240 g/mol. The Morgan fingerprint density at radius 2 is 2.41 bits per heavy atom. The molecule has 86 valence electrons. The van der Waals surface area contributed by atoms with E-state index in [9.17, 15) is 4.79 Å². The number of hydrogen-bond donors (Lipinski definition) is 2. The summed E-state index contributed by atoms with van der Waals surface area (Å²) < 4.78 is 1.34. The van der Waals surface area contributed by atoms with Crippen molar-refractivity contribution in [1.82, 2.24) is 19.7 Å². The fourth-order valence-electron chi connectivity index (χ4n) is 1.14. The third-order valence-electron chi connectivity index (χ3n) is 2.10. The molecule has 0 saturated heterocycles. The summed E-state index contributed by atoms with van der Waals surface area (Å²) in [6.45, 7) is 0. The summed E-state index contributed by atoms with van der Waals surface area (Å²) in [6.07, 6.45) is 1.49. The van der Waals surface area contributed by atoms with Crippen molar-refractivity contribution in [3.8, 4) is 6.07 Å². The second kappa shape index (κ2) is 4.31. The first kappa shape index (κ1) is 11.2. The van der Waals surface area contributed by atoms with E-state index in [-0.39, 0.29) is 11.4 Å². The molecule has 0 saturated carbocycles. The van der Waals surface area contributed by atoms with Gasteiger partial charge in [-0.3, -0.25) is 4.57 Å². The zero-order valence-electron chi connectivity index (χ0n) is 8.84. The van der Waals surface area contributed by atoms with Gasteiger partial charge in [-0.15, -0.1) is 5.10 Å². The van der Waals surface area contributed by atoms with Gasteiger partial charge in [0.2, 0.25) is 0 Å². The van der Waals surface area contributed by atoms with Crippen molar-refractivity contribution >= 4 is 17.4 Å². The molecule has 2 heterocycles. The highest BCUT2D eigenvalue weighted by Crippen LogP contribution is 2.29. The van der Waals surface area contributed by atoms with E-state index in [0.717, 1.165) is 11.8 Å². The minimum atomic E-state index is -0.317. The summed E-state index contributed by atoms with van der Waals surface area (Å²) in [5, 5.41) is 15.8. The Balaban J connectivity index is 2.41. The van der Waals surface area contributed by atoms with Gasteiger partial charge in [0.1, 0.15) is 11.1 Å². The van der Waals surface area contributed by atoms with E-state index in [4.69, 9.17) is 11.0 Å². The summed E-state index contributed by atoms with van der Waals surface area (Å²) in [5.74, 6) is 0. The SMILES string of the molecule is Cn1c(Sc2nccc(C#N)c2N)n[nH]c1=O. The van der Waals surface area contributed by atoms with Crippen LogP contribution < -0.4 is 11.4 Å². The predicted molar refractivity (Wildman–Crippen MR) is 61.3 cm³/mol. The van der Waals surface area contributed by atoms with Gasteiger partial charge < -0.3 is 5.73 Å². The highest BCUT2D eigenvalue weighted by Gasteiger charge is 2.12. The number of rotatable bonds is 2. The van der Waals surface area contributed by atoms with Crippen molar-refractivity contribution in [3.05, 3.63) is 28.3 Å². The van der Waals surface area contributed by atoms with Gasteiger partial charge in [-0.05, 0) is 17.8 Å². The molecule has 2 aromatic rings. The number of aromatic amines is 1. The average molecular weight is 248 g/mol. The standard InChI is InChI=1S/C9H8N6OS/c1-15-8(16)13-14-9(15)17-7-6(11)5(4-10)2-3-12-7/h2-3H,11H2,1H3,(H,13,16). The summed E-state index contributed by atoms with van der Waals surface area (Å²) in [7, 11) is 1.58. The monoisotopic (exact) mass is 248 g/mol. The second-order valence-electron chi connectivity index (χ2n) is 3.16. The molecule has 0 atom stereocenters. The largest absolute Gasteiger partial charge is 0.395 e. The van der Waals surface area contributed by atoms with Crippen molar-refractivity contribution in [3.63, 3.8) is 0 Å². The highest BCUT2D eigenvalue weighted by atomic mass is 32.2. The molecule has 2 rings (SSSR count). The van der Waals surface area contributed by atoms with Crippen LogP contribution in [0.25, 0.3) is 0 Å². The molecule has 0 aliphatic heterocycles. The van der Waals surface area contributed by atoms with Crippen LogP contribution in [0, 0.1) is 11.3 Å². The Bertz CT molecular complexity index is 652. The van der Waals surface area contributed by atoms with E-state index in [1.165, 1.54) is 16.8 Å². The van der Waals surface area contributed by atoms with Crippen molar-refractivity contribution < 1.29 is 0 Å². The van der Waals surface area contributed by atoms with Gasteiger partial charge in [-0.25, -0.2) is 14.9 Å². The smallest absolute Gasteiger partial charge is 0.343 e. The van der Waals surface area contributed by atoms with Crippen LogP contribution in [0.5, 0.6) is 0 Å². The summed E-state index contributed by atoms with van der Waals surface area (Å²) in [6, 6.07) is 3.50. The molecule has 0 unspecified atom stereocenters. The van der Waals surface area contributed by atoms with Crippen LogP contribution in [0.15, 0.2) is 27.2 Å². The van der Waals surface area contributed by atoms with Gasteiger partial charge in [0.15, 0.2) is 5.16 Å². The molecule has 17 heavy (non-hydrogen) atoms. The fourth-order valence-corrected chi connectivity index (χ4v) is 1.96. The van der Waals surface area contributed by atoms with Crippen molar-refractivity contribution in [1.29, 1.82) is 5.26 Å². The molecule has 0 aliphatic rings. The van der Waals surface area contributed by atoms with Crippen molar-refractivity contribution in [2.75, 3.05) is 5.73 Å².